The summed E-state index contributed by atoms with van der Waals surface area (Å²) in [5.41, 5.74) is 6.26. The highest BCUT2D eigenvalue weighted by atomic mass is 16.1. The highest BCUT2D eigenvalue weighted by molar-refractivity contribution is 6.05. The first-order chi connectivity index (χ1) is 9.70. The SMILES string of the molecule is C/C(CC(=O)Nc1cccc2c1CCCC2)=N/NC=O. The lowest BCUT2D eigenvalue weighted by Crippen LogP contribution is -2.18. The Hall–Kier alpha value is -2.17. The molecule has 0 radical (unpaired) electrons. The van der Waals surface area contributed by atoms with Crippen LogP contribution in [0.2, 0.25) is 0 Å². The van der Waals surface area contributed by atoms with Gasteiger partial charge in [0.2, 0.25) is 12.3 Å². The monoisotopic (exact) mass is 273 g/mol. The Bertz CT molecular complexity index is 538. The number of fused-ring (bicyclic) bond motifs is 1. The predicted molar refractivity (Wildman–Crippen MR) is 78.6 cm³/mol. The molecule has 0 saturated carbocycles. The van der Waals surface area contributed by atoms with Gasteiger partial charge in [-0.25, -0.2) is 5.43 Å². The van der Waals surface area contributed by atoms with Crippen LogP contribution in [0.4, 0.5) is 5.69 Å². The smallest absolute Gasteiger partial charge is 0.230 e. The van der Waals surface area contributed by atoms with Gasteiger partial charge in [-0.3, -0.25) is 9.59 Å². The molecule has 0 bridgehead atoms. The minimum absolute atomic E-state index is 0.113. The summed E-state index contributed by atoms with van der Waals surface area (Å²) in [5, 5.41) is 6.69. The molecule has 5 nitrogen and oxygen atoms in total. The number of anilines is 1. The molecule has 5 heteroatoms. The number of carbonyl (C=O) groups is 2. The van der Waals surface area contributed by atoms with E-state index in [1.807, 2.05) is 12.1 Å². The fourth-order valence-electron chi connectivity index (χ4n) is 2.50. The van der Waals surface area contributed by atoms with E-state index in [2.05, 4.69) is 21.9 Å². The fourth-order valence-corrected chi connectivity index (χ4v) is 2.50. The number of hydrogen-bond acceptors (Lipinski definition) is 3. The average molecular weight is 273 g/mol. The van der Waals surface area contributed by atoms with Crippen LogP contribution < -0.4 is 10.7 Å². The molecule has 20 heavy (non-hydrogen) atoms. The summed E-state index contributed by atoms with van der Waals surface area (Å²) < 4.78 is 0. The Balaban J connectivity index is 2.03. The van der Waals surface area contributed by atoms with Crippen LogP contribution in [0.3, 0.4) is 0 Å². The van der Waals surface area contributed by atoms with Crippen LogP contribution in [0.15, 0.2) is 23.3 Å². The molecule has 0 aromatic heterocycles. The van der Waals surface area contributed by atoms with Crippen LogP contribution in [0.5, 0.6) is 0 Å². The molecule has 2 N–H and O–H groups in total. The summed E-state index contributed by atoms with van der Waals surface area (Å²) in [6.07, 6.45) is 5.14. The summed E-state index contributed by atoms with van der Waals surface area (Å²) in [6, 6.07) is 6.05. The molecule has 1 aliphatic rings. The Morgan fingerprint density at radius 2 is 2.15 bits per heavy atom. The molecule has 0 saturated heterocycles. The summed E-state index contributed by atoms with van der Waals surface area (Å²) in [6.45, 7) is 1.70. The van der Waals surface area contributed by atoms with Crippen molar-refractivity contribution in [1.82, 2.24) is 5.43 Å². The molecular formula is C15H19N3O2. The number of benzene rings is 1. The van der Waals surface area contributed by atoms with E-state index < -0.39 is 0 Å². The van der Waals surface area contributed by atoms with E-state index in [-0.39, 0.29) is 12.3 Å². The number of hydrogen-bond donors (Lipinski definition) is 2. The Kier molecular flexibility index (Phi) is 4.87. The van der Waals surface area contributed by atoms with Crippen molar-refractivity contribution < 1.29 is 9.59 Å². The lowest BCUT2D eigenvalue weighted by molar-refractivity contribution is -0.115. The van der Waals surface area contributed by atoms with Crippen LogP contribution in [0.25, 0.3) is 0 Å². The molecule has 1 aromatic carbocycles. The third-order valence-electron chi connectivity index (χ3n) is 3.39. The van der Waals surface area contributed by atoms with Gasteiger partial charge >= 0.3 is 0 Å². The first kappa shape index (κ1) is 14.2. The average Bonchev–Trinajstić information content (AvgIpc) is 2.45. The van der Waals surface area contributed by atoms with Gasteiger partial charge in [0.15, 0.2) is 0 Å². The van der Waals surface area contributed by atoms with E-state index in [4.69, 9.17) is 0 Å². The quantitative estimate of drug-likeness (QED) is 0.489. The summed E-state index contributed by atoms with van der Waals surface area (Å²) in [7, 11) is 0. The van der Waals surface area contributed by atoms with Crippen molar-refractivity contribution in [1.29, 1.82) is 0 Å². The van der Waals surface area contributed by atoms with Crippen LogP contribution in [0.1, 0.15) is 37.3 Å². The van der Waals surface area contributed by atoms with Crippen molar-refractivity contribution in [3.63, 3.8) is 0 Å². The van der Waals surface area contributed by atoms with Crippen molar-refractivity contribution in [2.45, 2.75) is 39.0 Å². The maximum absolute atomic E-state index is 12.0. The number of hydrazone groups is 1. The molecule has 0 spiro atoms. The van der Waals surface area contributed by atoms with Gasteiger partial charge in [0.1, 0.15) is 0 Å². The normalized spacial score (nSPS) is 14.3. The lowest BCUT2D eigenvalue weighted by Gasteiger charge is -2.19. The zero-order valence-electron chi connectivity index (χ0n) is 11.6. The van der Waals surface area contributed by atoms with Crippen LogP contribution in [-0.2, 0) is 22.4 Å². The van der Waals surface area contributed by atoms with Gasteiger partial charge in [-0.15, -0.1) is 0 Å². The molecule has 0 unspecified atom stereocenters. The van der Waals surface area contributed by atoms with Crippen molar-refractivity contribution in [2.24, 2.45) is 5.10 Å². The van der Waals surface area contributed by atoms with Gasteiger partial charge in [0.05, 0.1) is 6.42 Å². The highest BCUT2D eigenvalue weighted by Gasteiger charge is 2.14. The molecule has 2 rings (SSSR count). The summed E-state index contributed by atoms with van der Waals surface area (Å²) in [4.78, 5) is 22.1. The molecule has 1 aliphatic carbocycles. The number of nitrogens with zero attached hydrogens (tertiary/aromatic N) is 1. The Morgan fingerprint density at radius 3 is 2.95 bits per heavy atom. The number of carbonyl (C=O) groups excluding carboxylic acids is 2. The van der Waals surface area contributed by atoms with Crippen molar-refractivity contribution >= 4 is 23.7 Å². The second kappa shape index (κ2) is 6.84. The summed E-state index contributed by atoms with van der Waals surface area (Å²) in [5.74, 6) is -0.113. The number of rotatable bonds is 5. The zero-order chi connectivity index (χ0) is 14.4. The van der Waals surface area contributed by atoms with Crippen molar-refractivity contribution in [3.8, 4) is 0 Å². The fraction of sp³-hybridized carbons (Fsp3) is 0.400. The second-order valence-electron chi connectivity index (χ2n) is 4.97. The molecule has 1 aromatic rings. The van der Waals surface area contributed by atoms with Gasteiger partial charge in [0, 0.05) is 11.4 Å². The molecule has 0 heterocycles. The van der Waals surface area contributed by atoms with Gasteiger partial charge in [0.25, 0.3) is 0 Å². The highest BCUT2D eigenvalue weighted by Crippen LogP contribution is 2.27. The Labute approximate surface area is 118 Å². The van der Waals surface area contributed by atoms with Crippen molar-refractivity contribution in [2.75, 3.05) is 5.32 Å². The van der Waals surface area contributed by atoms with Gasteiger partial charge in [-0.05, 0) is 49.8 Å². The third kappa shape index (κ3) is 3.66. The van der Waals surface area contributed by atoms with Gasteiger partial charge in [-0.1, -0.05) is 12.1 Å². The maximum Gasteiger partial charge on any atom is 0.230 e. The first-order valence-corrected chi connectivity index (χ1v) is 6.83. The maximum atomic E-state index is 12.0. The van der Waals surface area contributed by atoms with Gasteiger partial charge < -0.3 is 5.32 Å². The van der Waals surface area contributed by atoms with Crippen LogP contribution in [0, 0.1) is 0 Å². The predicted octanol–water partition coefficient (Wildman–Crippen LogP) is 2.02. The zero-order valence-corrected chi connectivity index (χ0v) is 11.6. The minimum Gasteiger partial charge on any atom is -0.325 e. The van der Waals surface area contributed by atoms with Crippen LogP contribution >= 0.6 is 0 Å². The van der Waals surface area contributed by atoms with E-state index in [1.165, 1.54) is 24.0 Å². The lowest BCUT2D eigenvalue weighted by atomic mass is 9.90. The van der Waals surface area contributed by atoms with E-state index in [1.54, 1.807) is 6.92 Å². The minimum atomic E-state index is -0.113. The summed E-state index contributed by atoms with van der Waals surface area (Å²) >= 11 is 0. The standard InChI is InChI=1S/C15H19N3O2/c1-11(18-16-10-19)9-15(20)17-14-8-4-6-12-5-2-3-7-13(12)14/h4,6,8,10H,2-3,5,7,9H2,1H3,(H,16,19)(H,17,20)/b18-11-. The van der Waals surface area contributed by atoms with E-state index in [0.717, 1.165) is 18.5 Å². The van der Waals surface area contributed by atoms with Gasteiger partial charge in [-0.2, -0.15) is 5.10 Å². The van der Waals surface area contributed by atoms with E-state index >= 15 is 0 Å². The Morgan fingerprint density at radius 1 is 1.35 bits per heavy atom. The van der Waals surface area contributed by atoms with E-state index in [9.17, 15) is 9.59 Å². The molecule has 0 aliphatic heterocycles. The first-order valence-electron chi connectivity index (χ1n) is 6.83. The van der Waals surface area contributed by atoms with Crippen LogP contribution in [-0.4, -0.2) is 18.0 Å². The topological polar surface area (TPSA) is 70.6 Å². The second-order valence-corrected chi connectivity index (χ2v) is 4.97. The van der Waals surface area contributed by atoms with Crippen molar-refractivity contribution in [3.05, 3.63) is 29.3 Å². The molecule has 0 atom stereocenters. The van der Waals surface area contributed by atoms with E-state index in [0.29, 0.717) is 12.1 Å². The number of aryl methyl sites for hydroxylation is 1. The number of nitrogens with one attached hydrogen (secondary N) is 2. The third-order valence-corrected chi connectivity index (χ3v) is 3.39. The molecule has 2 amide bonds. The largest absolute Gasteiger partial charge is 0.325 e. The number of amides is 2. The molecule has 106 valence electrons. The molecule has 0 fully saturated rings. The molecular weight excluding hydrogens is 254 g/mol.